The lowest BCUT2D eigenvalue weighted by Gasteiger charge is -2.37. The fraction of sp³-hybridized carbons (Fsp3) is 0.559. The maximum absolute atomic E-state index is 14.1. The number of aromatic hydroxyl groups is 1. The molecule has 1 atom stereocenters. The number of aliphatic hydroxyl groups is 1. The number of hydrogen-bond acceptors (Lipinski definition) is 9. The van der Waals surface area contributed by atoms with E-state index in [4.69, 9.17) is 5.10 Å². The fourth-order valence-corrected chi connectivity index (χ4v) is 8.90. The van der Waals surface area contributed by atoms with Gasteiger partial charge in [-0.25, -0.2) is 12.8 Å². The van der Waals surface area contributed by atoms with Crippen LogP contribution in [0.15, 0.2) is 47.4 Å². The lowest BCUT2D eigenvalue weighted by Crippen LogP contribution is -2.49. The number of hydrogen-bond donors (Lipinski definition) is 2. The molecule has 6 rings (SSSR count). The lowest BCUT2D eigenvalue weighted by molar-refractivity contribution is -0.139. The summed E-state index contributed by atoms with van der Waals surface area (Å²) in [6.07, 6.45) is -3.86. The van der Waals surface area contributed by atoms with Crippen molar-refractivity contribution >= 4 is 27.5 Å². The Kier molecular flexibility index (Phi) is 11.3. The molecule has 4 heterocycles. The first-order valence-electron chi connectivity index (χ1n) is 16.9. The number of halogens is 4. The van der Waals surface area contributed by atoms with Gasteiger partial charge in [0.25, 0.3) is 0 Å². The Hall–Kier alpha value is -2.89. The Morgan fingerprint density at radius 1 is 0.980 bits per heavy atom. The van der Waals surface area contributed by atoms with Crippen LogP contribution in [-0.2, 0) is 35.7 Å². The number of aliphatic hydroxyl groups excluding tert-OH is 1. The number of nitrogens with zero attached hydrogens (tertiary/aromatic N) is 6. The number of anilines is 1. The summed E-state index contributed by atoms with van der Waals surface area (Å²) in [5.41, 5.74) is 2.42. The summed E-state index contributed by atoms with van der Waals surface area (Å²) in [6, 6.07) is 11.0. The first-order chi connectivity index (χ1) is 23.7. The zero-order chi connectivity index (χ0) is 35.6. The molecule has 0 unspecified atom stereocenters. The molecule has 50 heavy (non-hydrogen) atoms. The van der Waals surface area contributed by atoms with Gasteiger partial charge in [0.15, 0.2) is 0 Å². The largest absolute Gasteiger partial charge is 0.508 e. The highest BCUT2D eigenvalue weighted by Gasteiger charge is 2.35. The number of thioether (sulfide) groups is 1. The van der Waals surface area contributed by atoms with Gasteiger partial charge < -0.3 is 20.0 Å². The van der Waals surface area contributed by atoms with Crippen LogP contribution >= 0.6 is 11.8 Å². The molecule has 10 nitrogen and oxygen atoms in total. The number of piperidine rings is 1. The van der Waals surface area contributed by atoms with Crippen LogP contribution in [0.25, 0.3) is 11.3 Å². The molecular formula is C34H44F4N6O4S2. The average Bonchev–Trinajstić information content (AvgIpc) is 3.42. The predicted octanol–water partition coefficient (Wildman–Crippen LogP) is 4.30. The fourth-order valence-electron chi connectivity index (χ4n) is 7.00. The second-order valence-electron chi connectivity index (χ2n) is 13.3. The topological polar surface area (TPSA) is 105 Å². The third kappa shape index (κ3) is 8.94. The van der Waals surface area contributed by atoms with Crippen molar-refractivity contribution in [2.45, 2.75) is 55.7 Å². The summed E-state index contributed by atoms with van der Waals surface area (Å²) in [7, 11) is -3.55. The van der Waals surface area contributed by atoms with Gasteiger partial charge in [0.1, 0.15) is 11.9 Å². The predicted molar refractivity (Wildman–Crippen MR) is 186 cm³/mol. The maximum Gasteiger partial charge on any atom is 0.417 e. The highest BCUT2D eigenvalue weighted by molar-refractivity contribution is 7.99. The molecule has 0 radical (unpaired) electrons. The van der Waals surface area contributed by atoms with Crippen molar-refractivity contribution in [3.8, 4) is 17.0 Å². The Morgan fingerprint density at radius 2 is 1.72 bits per heavy atom. The molecule has 0 saturated carbocycles. The summed E-state index contributed by atoms with van der Waals surface area (Å²) in [5.74, 6) is 0.603. The molecule has 2 aromatic carbocycles. The molecule has 16 heteroatoms. The van der Waals surface area contributed by atoms with E-state index in [1.807, 2.05) is 6.07 Å². The summed E-state index contributed by atoms with van der Waals surface area (Å²) < 4.78 is 84.1. The minimum atomic E-state index is -4.57. The number of β-amino-alcohol motifs (C(OH)–C–C–N with tert-alkyl or cyclic N) is 1. The van der Waals surface area contributed by atoms with Crippen molar-refractivity contribution in [2.75, 3.05) is 75.8 Å². The molecule has 3 aliphatic heterocycles. The number of piperazine rings is 1. The number of phenolic OH excluding ortho intramolecular Hbond substituents is 1. The van der Waals surface area contributed by atoms with Crippen molar-refractivity contribution in [1.82, 2.24) is 23.9 Å². The summed E-state index contributed by atoms with van der Waals surface area (Å²) in [4.78, 5) is 6.46. The minimum Gasteiger partial charge on any atom is -0.508 e. The summed E-state index contributed by atoms with van der Waals surface area (Å²) in [5, 5.41) is 25.9. The van der Waals surface area contributed by atoms with Crippen molar-refractivity contribution in [3.63, 3.8) is 0 Å². The highest BCUT2D eigenvalue weighted by atomic mass is 32.2. The third-order valence-electron chi connectivity index (χ3n) is 9.73. The number of sulfonamides is 1. The van der Waals surface area contributed by atoms with Crippen LogP contribution in [0.5, 0.6) is 5.75 Å². The molecule has 274 valence electrons. The van der Waals surface area contributed by atoms with Crippen molar-refractivity contribution in [2.24, 2.45) is 0 Å². The van der Waals surface area contributed by atoms with Gasteiger partial charge in [0, 0.05) is 111 Å². The summed E-state index contributed by atoms with van der Waals surface area (Å²) in [6.45, 7) is 5.36. The van der Waals surface area contributed by atoms with Crippen LogP contribution in [0.2, 0.25) is 0 Å². The van der Waals surface area contributed by atoms with Crippen LogP contribution in [0.1, 0.15) is 29.7 Å². The van der Waals surface area contributed by atoms with Crippen LogP contribution in [0.3, 0.4) is 0 Å². The molecule has 0 spiro atoms. The molecular weight excluding hydrogens is 697 g/mol. The van der Waals surface area contributed by atoms with E-state index >= 15 is 0 Å². The van der Waals surface area contributed by atoms with Crippen LogP contribution in [0, 0.1) is 0 Å². The van der Waals surface area contributed by atoms with E-state index in [0.29, 0.717) is 81.1 Å². The second kappa shape index (κ2) is 15.4. The Morgan fingerprint density at radius 3 is 2.40 bits per heavy atom. The van der Waals surface area contributed by atoms with Gasteiger partial charge in [0.05, 0.1) is 30.2 Å². The Labute approximate surface area is 294 Å². The van der Waals surface area contributed by atoms with Crippen LogP contribution < -0.4 is 4.90 Å². The van der Waals surface area contributed by atoms with E-state index in [9.17, 15) is 36.2 Å². The smallest absolute Gasteiger partial charge is 0.417 e. The first kappa shape index (κ1) is 36.9. The van der Waals surface area contributed by atoms with E-state index in [1.165, 1.54) is 16.4 Å². The lowest BCUT2D eigenvalue weighted by atomic mass is 10.0. The molecule has 2 fully saturated rings. The quantitative estimate of drug-likeness (QED) is 0.220. The molecule has 3 aromatic rings. The number of alkyl halides is 4. The Bertz CT molecular complexity index is 1740. The van der Waals surface area contributed by atoms with Gasteiger partial charge in [-0.3, -0.25) is 9.58 Å². The van der Waals surface area contributed by atoms with Crippen molar-refractivity contribution in [1.29, 1.82) is 0 Å². The molecule has 0 amide bonds. The number of benzene rings is 2. The standard InChI is InChI=1S/C34H44F4N6O4S2/c1-50(47,48)43-12-9-31-29(23-43)33(24-5-6-30(34(36,37)38)32(19-24)49-18-17-40-10-7-25(35)8-11-40)39-44(31)22-28(46)21-41-13-15-42(16-14-41)26-3-2-4-27(45)20-26/h2-6,19-20,25,28,45-46H,7-18,21-23H2,1H3/t28-/m1/s1. The molecule has 2 saturated heterocycles. The number of aromatic nitrogens is 2. The number of fused-ring (bicyclic) bond motifs is 1. The number of likely N-dealkylation sites (tertiary alicyclic amines) is 1. The van der Waals surface area contributed by atoms with Gasteiger partial charge in [-0.1, -0.05) is 12.1 Å². The molecule has 0 aliphatic carbocycles. The van der Waals surface area contributed by atoms with Gasteiger partial charge in [0.2, 0.25) is 10.0 Å². The van der Waals surface area contributed by atoms with Gasteiger partial charge in [-0.15, -0.1) is 11.8 Å². The van der Waals surface area contributed by atoms with E-state index in [2.05, 4.69) is 14.7 Å². The molecule has 2 N–H and O–H groups in total. The van der Waals surface area contributed by atoms with Crippen LogP contribution in [-0.4, -0.2) is 126 Å². The molecule has 0 bridgehead atoms. The van der Waals surface area contributed by atoms with Gasteiger partial charge >= 0.3 is 6.18 Å². The monoisotopic (exact) mass is 740 g/mol. The van der Waals surface area contributed by atoms with Gasteiger partial charge in [-0.2, -0.15) is 22.6 Å². The SMILES string of the molecule is CS(=O)(=O)N1CCc2c(c(-c3ccc(C(F)(F)F)c(SCCN4CCC(F)CC4)c3)nn2C[C@H](O)CN2CCN(c3cccc(O)c3)CC2)C1. The van der Waals surface area contributed by atoms with Gasteiger partial charge in [-0.05, 0) is 37.1 Å². The van der Waals surface area contributed by atoms with Crippen molar-refractivity contribution in [3.05, 3.63) is 59.3 Å². The zero-order valence-corrected chi connectivity index (χ0v) is 29.7. The minimum absolute atomic E-state index is 0.0324. The summed E-state index contributed by atoms with van der Waals surface area (Å²) >= 11 is 1.10. The van der Waals surface area contributed by atoms with Crippen LogP contribution in [0.4, 0.5) is 23.2 Å². The number of rotatable bonds is 11. The third-order valence-corrected chi connectivity index (χ3v) is 12.0. The van der Waals surface area contributed by atoms with E-state index < -0.39 is 34.0 Å². The first-order valence-corrected chi connectivity index (χ1v) is 19.8. The second-order valence-corrected chi connectivity index (χ2v) is 16.5. The zero-order valence-electron chi connectivity index (χ0n) is 28.0. The van der Waals surface area contributed by atoms with E-state index in [1.54, 1.807) is 22.9 Å². The normalized spacial score (nSPS) is 19.5. The maximum atomic E-state index is 14.1. The highest BCUT2D eigenvalue weighted by Crippen LogP contribution is 2.40. The molecule has 1 aromatic heterocycles. The van der Waals surface area contributed by atoms with Crippen molar-refractivity contribution < 1.29 is 36.2 Å². The Balaban J connectivity index is 1.20. The average molecular weight is 741 g/mol. The van der Waals surface area contributed by atoms with E-state index in [0.717, 1.165) is 48.6 Å². The number of phenols is 1. The van der Waals surface area contributed by atoms with E-state index in [-0.39, 0.29) is 30.3 Å². The molecule has 3 aliphatic rings.